The van der Waals surface area contributed by atoms with Crippen LogP contribution in [0.2, 0.25) is 0 Å². The van der Waals surface area contributed by atoms with Crippen LogP contribution in [-0.2, 0) is 27.3 Å². The molecule has 2 N–H and O–H groups in total. The summed E-state index contributed by atoms with van der Waals surface area (Å²) in [6, 6.07) is 14.6. The van der Waals surface area contributed by atoms with Crippen LogP contribution in [0, 0.1) is 0 Å². The number of aromatic nitrogens is 3. The number of carbonyl (C=O) groups excluding carboxylic acids is 4. The first-order valence-corrected chi connectivity index (χ1v) is 14.2. The van der Waals surface area contributed by atoms with Crippen molar-refractivity contribution in [3.8, 4) is 5.69 Å². The van der Waals surface area contributed by atoms with Crippen molar-refractivity contribution < 1.29 is 42.3 Å². The zero-order chi connectivity index (χ0) is 33.6. The van der Waals surface area contributed by atoms with Gasteiger partial charge in [-0.3, -0.25) is 24.5 Å². The number of nitrogens with one attached hydrogen (secondary N) is 1. The minimum absolute atomic E-state index is 0.195. The van der Waals surface area contributed by atoms with E-state index in [1.165, 1.54) is 9.58 Å². The summed E-state index contributed by atoms with van der Waals surface area (Å²) in [7, 11) is 3.94. The van der Waals surface area contributed by atoms with E-state index in [1.807, 2.05) is 55.4 Å². The van der Waals surface area contributed by atoms with E-state index in [-0.39, 0.29) is 36.4 Å². The molecule has 2 aliphatic heterocycles. The van der Waals surface area contributed by atoms with Gasteiger partial charge in [-0.25, -0.2) is 9.48 Å². The molecule has 3 aromatic rings. The van der Waals surface area contributed by atoms with Gasteiger partial charge in [0.1, 0.15) is 6.04 Å². The molecule has 0 saturated carbocycles. The van der Waals surface area contributed by atoms with Gasteiger partial charge in [0, 0.05) is 38.2 Å². The van der Waals surface area contributed by atoms with Gasteiger partial charge < -0.3 is 19.8 Å². The van der Waals surface area contributed by atoms with Crippen LogP contribution in [0.5, 0.6) is 0 Å². The fourth-order valence-electron chi connectivity index (χ4n) is 4.90. The van der Waals surface area contributed by atoms with Crippen molar-refractivity contribution in [2.24, 2.45) is 0 Å². The number of benzene rings is 2. The van der Waals surface area contributed by atoms with E-state index in [2.05, 4.69) is 15.6 Å². The number of nitrogens with zero attached hydrogens (tertiary/aromatic N) is 6. The Morgan fingerprint density at radius 2 is 1.74 bits per heavy atom. The van der Waals surface area contributed by atoms with Crippen molar-refractivity contribution in [1.82, 2.24) is 35.0 Å². The molecular formula is C30H32F3N7O6. The SMILES string of the molecule is CN(C)CCN(CCc1ccccc1)C(=O)c1cn(-c2ccc3c(c2)CN(C2CCC(=O)NC2=O)C3=O)nn1.O=C(O)C(F)(F)F. The van der Waals surface area contributed by atoms with Gasteiger partial charge in [0.05, 0.1) is 11.9 Å². The molecule has 1 atom stereocenters. The summed E-state index contributed by atoms with van der Waals surface area (Å²) < 4.78 is 33.3. The van der Waals surface area contributed by atoms with Crippen molar-refractivity contribution in [2.45, 2.75) is 38.0 Å². The highest BCUT2D eigenvalue weighted by Gasteiger charge is 2.39. The van der Waals surface area contributed by atoms with Crippen molar-refractivity contribution >= 4 is 29.6 Å². The summed E-state index contributed by atoms with van der Waals surface area (Å²) >= 11 is 0. The number of rotatable bonds is 9. The largest absolute Gasteiger partial charge is 0.490 e. The molecule has 0 aliphatic carbocycles. The van der Waals surface area contributed by atoms with Gasteiger partial charge >= 0.3 is 12.1 Å². The number of imide groups is 1. The normalized spacial score (nSPS) is 16.1. The van der Waals surface area contributed by atoms with Crippen molar-refractivity contribution in [1.29, 1.82) is 0 Å². The number of piperidine rings is 1. The second-order valence-electron chi connectivity index (χ2n) is 10.9. The van der Waals surface area contributed by atoms with Gasteiger partial charge in [-0.15, -0.1) is 5.10 Å². The van der Waals surface area contributed by atoms with Crippen molar-refractivity contribution in [3.63, 3.8) is 0 Å². The van der Waals surface area contributed by atoms with Crippen LogP contribution in [0.3, 0.4) is 0 Å². The Hall–Kier alpha value is -5.12. The number of carboxylic acids is 1. The molecule has 0 radical (unpaired) electrons. The van der Waals surface area contributed by atoms with Crippen LogP contribution < -0.4 is 5.32 Å². The predicted molar refractivity (Wildman–Crippen MR) is 156 cm³/mol. The number of amides is 4. The lowest BCUT2D eigenvalue weighted by atomic mass is 10.0. The third-order valence-corrected chi connectivity index (χ3v) is 7.34. The van der Waals surface area contributed by atoms with Crippen LogP contribution in [0.25, 0.3) is 5.69 Å². The Kier molecular flexibility index (Phi) is 10.5. The van der Waals surface area contributed by atoms with E-state index < -0.39 is 24.1 Å². The molecule has 1 fully saturated rings. The van der Waals surface area contributed by atoms with E-state index in [0.717, 1.165) is 24.1 Å². The smallest absolute Gasteiger partial charge is 0.475 e. The van der Waals surface area contributed by atoms with E-state index in [1.54, 1.807) is 23.2 Å². The number of carbonyl (C=O) groups is 5. The maximum Gasteiger partial charge on any atom is 0.490 e. The van der Waals surface area contributed by atoms with Crippen LogP contribution in [0.15, 0.2) is 54.7 Å². The number of carboxylic acid groups (broad SMARTS) is 1. The lowest BCUT2D eigenvalue weighted by Crippen LogP contribution is -2.52. The molecule has 4 amide bonds. The molecule has 46 heavy (non-hydrogen) atoms. The maximum atomic E-state index is 13.4. The molecular weight excluding hydrogens is 611 g/mol. The third kappa shape index (κ3) is 8.32. The number of halogens is 3. The second-order valence-corrected chi connectivity index (χ2v) is 10.9. The standard InChI is InChI=1S/C28H31N7O4.C2HF3O2/c1-32(2)14-15-33(13-12-19-6-4-3-5-7-19)28(39)23-18-35(31-30-23)21-8-9-22-20(16-21)17-34(27(22)38)24-10-11-25(36)29-26(24)37;3-2(4,5)1(6)7/h3-9,16,18,24H,10-15,17H2,1-2H3,(H,29,36,37);(H,6,7). The summed E-state index contributed by atoms with van der Waals surface area (Å²) in [5.41, 5.74) is 3.31. The monoisotopic (exact) mass is 643 g/mol. The maximum absolute atomic E-state index is 13.4. The van der Waals surface area contributed by atoms with Gasteiger partial charge in [-0.2, -0.15) is 13.2 Å². The second kappa shape index (κ2) is 14.3. The minimum atomic E-state index is -5.08. The number of fused-ring (bicyclic) bond motifs is 1. The predicted octanol–water partition coefficient (Wildman–Crippen LogP) is 1.91. The Bertz CT molecular complexity index is 1610. The molecule has 244 valence electrons. The minimum Gasteiger partial charge on any atom is -0.475 e. The van der Waals surface area contributed by atoms with Crippen LogP contribution in [-0.4, -0.2) is 110 Å². The fourth-order valence-corrected chi connectivity index (χ4v) is 4.90. The summed E-state index contributed by atoms with van der Waals surface area (Å²) in [6.45, 7) is 2.09. The molecule has 5 rings (SSSR count). The Balaban J connectivity index is 0.000000617. The molecule has 2 aromatic carbocycles. The van der Waals surface area contributed by atoms with Gasteiger partial charge in [-0.05, 0) is 56.3 Å². The van der Waals surface area contributed by atoms with Crippen molar-refractivity contribution in [3.05, 3.63) is 77.1 Å². The Labute approximate surface area is 261 Å². The summed E-state index contributed by atoms with van der Waals surface area (Å²) in [5, 5.41) is 17.8. The molecule has 0 spiro atoms. The Morgan fingerprint density at radius 1 is 1.04 bits per heavy atom. The van der Waals surface area contributed by atoms with E-state index in [9.17, 15) is 32.3 Å². The number of alkyl halides is 3. The molecule has 1 unspecified atom stereocenters. The molecule has 3 heterocycles. The highest BCUT2D eigenvalue weighted by Crippen LogP contribution is 2.29. The lowest BCUT2D eigenvalue weighted by molar-refractivity contribution is -0.192. The first-order chi connectivity index (χ1) is 21.7. The van der Waals surface area contributed by atoms with Crippen LogP contribution in [0.4, 0.5) is 13.2 Å². The number of likely N-dealkylation sites (N-methyl/N-ethyl adjacent to an activating group) is 1. The average molecular weight is 644 g/mol. The Morgan fingerprint density at radius 3 is 2.37 bits per heavy atom. The number of aliphatic carboxylic acids is 1. The quantitative estimate of drug-likeness (QED) is 0.333. The zero-order valence-corrected chi connectivity index (χ0v) is 25.0. The zero-order valence-electron chi connectivity index (χ0n) is 25.0. The van der Waals surface area contributed by atoms with E-state index in [4.69, 9.17) is 9.90 Å². The van der Waals surface area contributed by atoms with Gasteiger partial charge in [0.25, 0.3) is 11.8 Å². The van der Waals surface area contributed by atoms with Gasteiger partial charge in [-0.1, -0.05) is 35.5 Å². The fraction of sp³-hybridized carbons (Fsp3) is 0.367. The molecule has 16 heteroatoms. The van der Waals surface area contributed by atoms with E-state index >= 15 is 0 Å². The number of hydrogen-bond donors (Lipinski definition) is 2. The number of hydrogen-bond acceptors (Lipinski definition) is 8. The van der Waals surface area contributed by atoms with E-state index in [0.29, 0.717) is 30.8 Å². The van der Waals surface area contributed by atoms with Crippen LogP contribution in [0.1, 0.15) is 44.8 Å². The summed E-state index contributed by atoms with van der Waals surface area (Å²) in [4.78, 5) is 64.4. The first kappa shape index (κ1) is 33.8. The van der Waals surface area contributed by atoms with Crippen LogP contribution >= 0.6 is 0 Å². The molecule has 1 saturated heterocycles. The molecule has 1 aromatic heterocycles. The highest BCUT2D eigenvalue weighted by atomic mass is 19.4. The molecule has 13 nitrogen and oxygen atoms in total. The van der Waals surface area contributed by atoms with Gasteiger partial charge in [0.15, 0.2) is 5.69 Å². The topological polar surface area (TPSA) is 158 Å². The molecule has 0 bridgehead atoms. The first-order valence-electron chi connectivity index (χ1n) is 14.2. The molecule has 2 aliphatic rings. The summed E-state index contributed by atoms with van der Waals surface area (Å²) in [6.07, 6.45) is -2.24. The summed E-state index contributed by atoms with van der Waals surface area (Å²) in [5.74, 6) is -3.96. The highest BCUT2D eigenvalue weighted by molar-refractivity contribution is 6.05. The lowest BCUT2D eigenvalue weighted by Gasteiger charge is -2.29. The third-order valence-electron chi connectivity index (χ3n) is 7.34. The average Bonchev–Trinajstić information content (AvgIpc) is 3.62. The van der Waals surface area contributed by atoms with Crippen molar-refractivity contribution in [2.75, 3.05) is 33.7 Å². The van der Waals surface area contributed by atoms with Gasteiger partial charge in [0.2, 0.25) is 11.8 Å².